The van der Waals surface area contributed by atoms with Gasteiger partial charge in [0.25, 0.3) is 0 Å². The zero-order valence-electron chi connectivity index (χ0n) is 11.8. The molecule has 0 spiro atoms. The predicted molar refractivity (Wildman–Crippen MR) is 81.7 cm³/mol. The van der Waals surface area contributed by atoms with Crippen molar-refractivity contribution in [2.24, 2.45) is 0 Å². The summed E-state index contributed by atoms with van der Waals surface area (Å²) in [4.78, 5) is 0. The van der Waals surface area contributed by atoms with E-state index in [2.05, 4.69) is 21.0 Å². The fraction of sp³-hybridized carbons (Fsp3) is 0.400. The molecule has 5 nitrogen and oxygen atoms in total. The quantitative estimate of drug-likeness (QED) is 0.922. The van der Waals surface area contributed by atoms with E-state index in [0.717, 1.165) is 27.9 Å². The monoisotopic (exact) mass is 352 g/mol. The van der Waals surface area contributed by atoms with Crippen molar-refractivity contribution in [3.05, 3.63) is 40.1 Å². The second-order valence-corrected chi connectivity index (χ2v) is 5.71. The molecular formula is C15H17BrN2O3. The molecule has 1 aliphatic heterocycles. The van der Waals surface area contributed by atoms with Crippen molar-refractivity contribution < 1.29 is 14.6 Å². The number of aromatic nitrogens is 2. The minimum atomic E-state index is -0.765. The van der Waals surface area contributed by atoms with Crippen LogP contribution in [0.1, 0.15) is 30.7 Å². The highest BCUT2D eigenvalue weighted by atomic mass is 79.9. The molecule has 1 aromatic heterocycles. The molecule has 0 radical (unpaired) electrons. The molecule has 0 saturated carbocycles. The first kappa shape index (κ1) is 14.4. The van der Waals surface area contributed by atoms with Gasteiger partial charge >= 0.3 is 0 Å². The van der Waals surface area contributed by atoms with Gasteiger partial charge in [-0.3, -0.25) is 4.68 Å². The molecule has 0 fully saturated rings. The highest BCUT2D eigenvalue weighted by Gasteiger charge is 2.21. The van der Waals surface area contributed by atoms with Crippen LogP contribution in [0.15, 0.2) is 28.9 Å². The predicted octanol–water partition coefficient (Wildman–Crippen LogP) is 2.91. The Balaban J connectivity index is 1.96. The topological polar surface area (TPSA) is 56.5 Å². The summed E-state index contributed by atoms with van der Waals surface area (Å²) in [6.07, 6.45) is 1.80. The van der Waals surface area contributed by atoms with Crippen molar-refractivity contribution in [1.29, 1.82) is 0 Å². The van der Waals surface area contributed by atoms with Gasteiger partial charge in [-0.05, 0) is 40.5 Å². The fourth-order valence-corrected chi connectivity index (χ4v) is 2.92. The first-order valence-electron chi connectivity index (χ1n) is 6.99. The summed E-state index contributed by atoms with van der Waals surface area (Å²) >= 11 is 3.44. The van der Waals surface area contributed by atoms with E-state index in [9.17, 15) is 5.11 Å². The highest BCUT2D eigenvalue weighted by Crippen LogP contribution is 2.35. The molecular weight excluding hydrogens is 336 g/mol. The Morgan fingerprint density at radius 2 is 2.10 bits per heavy atom. The third kappa shape index (κ3) is 2.78. The summed E-state index contributed by atoms with van der Waals surface area (Å²) < 4.78 is 13.9. The van der Waals surface area contributed by atoms with Crippen molar-refractivity contribution >= 4 is 15.9 Å². The largest absolute Gasteiger partial charge is 0.490 e. The normalized spacial score (nSPS) is 15.6. The Hall–Kier alpha value is -1.53. The molecule has 0 saturated heterocycles. The summed E-state index contributed by atoms with van der Waals surface area (Å²) in [5.41, 5.74) is 1.50. The van der Waals surface area contributed by atoms with E-state index in [1.165, 1.54) is 0 Å². The van der Waals surface area contributed by atoms with E-state index >= 15 is 0 Å². The third-order valence-electron chi connectivity index (χ3n) is 3.48. The SMILES string of the molecule is CCn1ncc(Br)c1C(O)c1ccc2c(c1)OCCCO2. The highest BCUT2D eigenvalue weighted by molar-refractivity contribution is 9.10. The zero-order valence-corrected chi connectivity index (χ0v) is 13.3. The summed E-state index contributed by atoms with van der Waals surface area (Å²) in [6, 6.07) is 5.54. The van der Waals surface area contributed by atoms with Gasteiger partial charge in [0, 0.05) is 13.0 Å². The van der Waals surface area contributed by atoms with E-state index in [-0.39, 0.29) is 0 Å². The number of hydrogen-bond donors (Lipinski definition) is 1. The first-order chi connectivity index (χ1) is 10.2. The molecule has 0 bridgehead atoms. The molecule has 1 aromatic carbocycles. The van der Waals surface area contributed by atoms with Crippen LogP contribution in [0.4, 0.5) is 0 Å². The molecule has 2 aromatic rings. The van der Waals surface area contributed by atoms with Crippen LogP contribution < -0.4 is 9.47 Å². The number of hydrogen-bond acceptors (Lipinski definition) is 4. The van der Waals surface area contributed by atoms with Crippen LogP contribution in [0.2, 0.25) is 0 Å². The molecule has 1 unspecified atom stereocenters. The fourth-order valence-electron chi connectivity index (χ4n) is 2.40. The summed E-state index contributed by atoms with van der Waals surface area (Å²) in [7, 11) is 0. The number of rotatable bonds is 3. The lowest BCUT2D eigenvalue weighted by atomic mass is 10.1. The van der Waals surface area contributed by atoms with Gasteiger partial charge in [-0.1, -0.05) is 6.07 Å². The van der Waals surface area contributed by atoms with Crippen LogP contribution in [0, 0.1) is 0 Å². The van der Waals surface area contributed by atoms with Gasteiger partial charge < -0.3 is 14.6 Å². The molecule has 21 heavy (non-hydrogen) atoms. The molecule has 1 N–H and O–H groups in total. The Morgan fingerprint density at radius 1 is 1.33 bits per heavy atom. The Bertz CT molecular complexity index is 642. The van der Waals surface area contributed by atoms with Gasteiger partial charge in [-0.15, -0.1) is 0 Å². The number of benzene rings is 1. The number of nitrogens with zero attached hydrogens (tertiary/aromatic N) is 2. The third-order valence-corrected chi connectivity index (χ3v) is 4.09. The van der Waals surface area contributed by atoms with Crippen molar-refractivity contribution in [2.75, 3.05) is 13.2 Å². The molecule has 112 valence electrons. The summed E-state index contributed by atoms with van der Waals surface area (Å²) in [5, 5.41) is 14.9. The molecule has 6 heteroatoms. The van der Waals surface area contributed by atoms with Crippen molar-refractivity contribution in [2.45, 2.75) is 26.0 Å². The number of aliphatic hydroxyl groups excluding tert-OH is 1. The van der Waals surface area contributed by atoms with Gasteiger partial charge in [0.2, 0.25) is 0 Å². The summed E-state index contributed by atoms with van der Waals surface area (Å²) in [5.74, 6) is 1.41. The summed E-state index contributed by atoms with van der Waals surface area (Å²) in [6.45, 7) is 3.97. The Labute approximate surface area is 131 Å². The Morgan fingerprint density at radius 3 is 2.86 bits per heavy atom. The van der Waals surface area contributed by atoms with Gasteiger partial charge in [0.15, 0.2) is 11.5 Å². The van der Waals surface area contributed by atoms with Crippen molar-refractivity contribution in [3.63, 3.8) is 0 Å². The minimum absolute atomic E-state index is 0.628. The molecule has 2 heterocycles. The average Bonchev–Trinajstić information content (AvgIpc) is 2.72. The Kier molecular flexibility index (Phi) is 4.17. The molecule has 3 rings (SSSR count). The van der Waals surface area contributed by atoms with Crippen LogP contribution in [-0.4, -0.2) is 28.1 Å². The van der Waals surface area contributed by atoms with E-state index in [4.69, 9.17) is 9.47 Å². The lowest BCUT2D eigenvalue weighted by Gasteiger charge is -2.16. The first-order valence-corrected chi connectivity index (χ1v) is 7.78. The number of aliphatic hydroxyl groups is 1. The maximum atomic E-state index is 10.7. The maximum absolute atomic E-state index is 10.7. The van der Waals surface area contributed by atoms with E-state index in [1.54, 1.807) is 10.9 Å². The number of halogens is 1. The average molecular weight is 353 g/mol. The van der Waals surface area contributed by atoms with Gasteiger partial charge in [-0.2, -0.15) is 5.10 Å². The van der Waals surface area contributed by atoms with Crippen LogP contribution in [0.3, 0.4) is 0 Å². The van der Waals surface area contributed by atoms with Crippen molar-refractivity contribution in [1.82, 2.24) is 9.78 Å². The van der Waals surface area contributed by atoms with Crippen LogP contribution in [0.5, 0.6) is 11.5 Å². The number of fused-ring (bicyclic) bond motifs is 1. The van der Waals surface area contributed by atoms with E-state index < -0.39 is 6.10 Å². The van der Waals surface area contributed by atoms with E-state index in [1.807, 2.05) is 25.1 Å². The lowest BCUT2D eigenvalue weighted by molar-refractivity contribution is 0.206. The van der Waals surface area contributed by atoms with Gasteiger partial charge in [0.1, 0.15) is 6.10 Å². The molecule has 0 amide bonds. The van der Waals surface area contributed by atoms with Gasteiger partial charge in [0.05, 0.1) is 29.6 Å². The maximum Gasteiger partial charge on any atom is 0.161 e. The second-order valence-electron chi connectivity index (χ2n) is 4.85. The van der Waals surface area contributed by atoms with Crippen LogP contribution >= 0.6 is 15.9 Å². The smallest absolute Gasteiger partial charge is 0.161 e. The lowest BCUT2D eigenvalue weighted by Crippen LogP contribution is -2.10. The minimum Gasteiger partial charge on any atom is -0.490 e. The van der Waals surface area contributed by atoms with E-state index in [0.29, 0.717) is 25.5 Å². The molecule has 0 aliphatic carbocycles. The molecule has 1 aliphatic rings. The van der Waals surface area contributed by atoms with Crippen LogP contribution in [0.25, 0.3) is 0 Å². The standard InChI is InChI=1S/C15H17BrN2O3/c1-2-18-14(11(16)9-17-18)15(19)10-4-5-12-13(8-10)21-7-3-6-20-12/h4-5,8-9,15,19H,2-3,6-7H2,1H3. The molecule has 1 atom stereocenters. The second kappa shape index (κ2) is 6.07. The zero-order chi connectivity index (χ0) is 14.8. The number of aryl methyl sites for hydroxylation is 1. The number of ether oxygens (including phenoxy) is 2. The van der Waals surface area contributed by atoms with Crippen molar-refractivity contribution in [3.8, 4) is 11.5 Å². The van der Waals surface area contributed by atoms with Crippen LogP contribution in [-0.2, 0) is 6.54 Å². The van der Waals surface area contributed by atoms with Gasteiger partial charge in [-0.25, -0.2) is 0 Å².